The molecule has 0 radical (unpaired) electrons. The van der Waals surface area contributed by atoms with E-state index in [9.17, 15) is 0 Å². The lowest BCUT2D eigenvalue weighted by molar-refractivity contribution is 0.515. The van der Waals surface area contributed by atoms with Crippen LogP contribution in [0.1, 0.15) is 37.7 Å². The smallest absolute Gasteiger partial charge is 0.132 e. The number of nitrogen functional groups attached to an aromatic ring is 1. The molecule has 2 rings (SSSR count). The molecule has 1 aromatic carbocycles. The molecule has 0 bridgehead atoms. The number of allylic oxidation sites excluding steroid dienone is 1. The van der Waals surface area contributed by atoms with Crippen LogP contribution in [0, 0.1) is 13.8 Å². The van der Waals surface area contributed by atoms with Crippen LogP contribution in [0.5, 0.6) is 0 Å². The maximum Gasteiger partial charge on any atom is 0.132 e. The van der Waals surface area contributed by atoms with E-state index in [2.05, 4.69) is 64.0 Å². The fourth-order valence-electron chi connectivity index (χ4n) is 2.72. The molecule has 21 heavy (non-hydrogen) atoms. The molecule has 0 spiro atoms. The van der Waals surface area contributed by atoms with E-state index in [1.807, 2.05) is 6.08 Å². The highest BCUT2D eigenvalue weighted by Crippen LogP contribution is 2.35. The van der Waals surface area contributed by atoms with Gasteiger partial charge in [0, 0.05) is 17.5 Å². The maximum atomic E-state index is 6.41. The van der Waals surface area contributed by atoms with Crippen LogP contribution in [0.3, 0.4) is 0 Å². The third-order valence-corrected chi connectivity index (χ3v) is 3.71. The Morgan fingerprint density at radius 1 is 1.24 bits per heavy atom. The molecule has 3 heteroatoms. The molecule has 0 aliphatic rings. The van der Waals surface area contributed by atoms with Gasteiger partial charge in [0.25, 0.3) is 0 Å². The lowest BCUT2D eigenvalue weighted by Gasteiger charge is -2.19. The van der Waals surface area contributed by atoms with Gasteiger partial charge in [0.2, 0.25) is 0 Å². The normalized spacial score (nSPS) is 11.7. The van der Waals surface area contributed by atoms with Gasteiger partial charge < -0.3 is 10.3 Å². The Morgan fingerprint density at radius 3 is 2.29 bits per heavy atom. The van der Waals surface area contributed by atoms with Crippen molar-refractivity contribution in [1.29, 1.82) is 0 Å². The second kappa shape index (κ2) is 5.40. The van der Waals surface area contributed by atoms with Gasteiger partial charge in [-0.15, -0.1) is 6.58 Å². The summed E-state index contributed by atoms with van der Waals surface area (Å²) in [6, 6.07) is 6.27. The fourth-order valence-corrected chi connectivity index (χ4v) is 2.72. The molecule has 1 aromatic heterocycles. The molecule has 0 aliphatic carbocycles. The number of aromatic nitrogens is 2. The van der Waals surface area contributed by atoms with Gasteiger partial charge in [0.05, 0.1) is 0 Å². The Bertz CT molecular complexity index is 652. The molecule has 0 amide bonds. The number of aryl methyl sites for hydroxylation is 2. The van der Waals surface area contributed by atoms with Gasteiger partial charge in [-0.3, -0.25) is 0 Å². The molecule has 2 aromatic rings. The predicted molar refractivity (Wildman–Crippen MR) is 90.4 cm³/mol. The number of nitrogens with zero attached hydrogens (tertiary/aromatic N) is 2. The summed E-state index contributed by atoms with van der Waals surface area (Å²) in [6.07, 6.45) is 1.86. The molecule has 3 nitrogen and oxygen atoms in total. The Labute approximate surface area is 127 Å². The first-order valence-corrected chi connectivity index (χ1v) is 7.31. The average molecular weight is 283 g/mol. The van der Waals surface area contributed by atoms with Crippen molar-refractivity contribution >= 4 is 5.82 Å². The van der Waals surface area contributed by atoms with Gasteiger partial charge in [-0.05, 0) is 25.0 Å². The van der Waals surface area contributed by atoms with E-state index in [4.69, 9.17) is 10.7 Å². The van der Waals surface area contributed by atoms with Crippen LogP contribution >= 0.6 is 0 Å². The predicted octanol–water partition coefficient (Wildman–Crippen LogP) is 4.23. The molecule has 0 atom stereocenters. The molecule has 112 valence electrons. The van der Waals surface area contributed by atoms with Crippen molar-refractivity contribution < 1.29 is 0 Å². The van der Waals surface area contributed by atoms with Crippen LogP contribution in [0.15, 0.2) is 30.9 Å². The first kappa shape index (κ1) is 15.4. The number of anilines is 1. The van der Waals surface area contributed by atoms with E-state index >= 15 is 0 Å². The molecular formula is C18H25N3. The lowest BCUT2D eigenvalue weighted by atomic mass is 9.95. The van der Waals surface area contributed by atoms with Crippen LogP contribution in [0.4, 0.5) is 5.82 Å². The van der Waals surface area contributed by atoms with Gasteiger partial charge in [-0.1, -0.05) is 45.0 Å². The summed E-state index contributed by atoms with van der Waals surface area (Å²) in [5, 5.41) is 0. The second-order valence-corrected chi connectivity index (χ2v) is 6.59. The van der Waals surface area contributed by atoms with E-state index in [0.717, 1.165) is 22.9 Å². The van der Waals surface area contributed by atoms with E-state index < -0.39 is 0 Å². The zero-order valence-electron chi connectivity index (χ0n) is 13.7. The number of nitrogens with two attached hydrogens (primary N) is 1. The SMILES string of the molecule is C=CCn1c(C(C)(C)C)nc(-c2c(C)cccc2C)c1N. The summed E-state index contributed by atoms with van der Waals surface area (Å²) in [4.78, 5) is 4.88. The van der Waals surface area contributed by atoms with Crippen molar-refractivity contribution in [2.24, 2.45) is 0 Å². The summed E-state index contributed by atoms with van der Waals surface area (Å²) in [6.45, 7) is 15.2. The number of imidazole rings is 1. The van der Waals surface area contributed by atoms with Crippen LogP contribution < -0.4 is 5.73 Å². The highest BCUT2D eigenvalue weighted by atomic mass is 15.1. The van der Waals surface area contributed by atoms with Crippen LogP contribution in [0.2, 0.25) is 0 Å². The first-order chi connectivity index (χ1) is 9.77. The lowest BCUT2D eigenvalue weighted by Crippen LogP contribution is -2.19. The Hall–Kier alpha value is -2.03. The van der Waals surface area contributed by atoms with Crippen molar-refractivity contribution in [2.45, 2.75) is 46.6 Å². The Kier molecular flexibility index (Phi) is 3.95. The average Bonchev–Trinajstić information content (AvgIpc) is 2.68. The van der Waals surface area contributed by atoms with Gasteiger partial charge in [-0.25, -0.2) is 4.98 Å². The minimum Gasteiger partial charge on any atom is -0.383 e. The highest BCUT2D eigenvalue weighted by molar-refractivity contribution is 5.76. The third kappa shape index (κ3) is 2.73. The Balaban J connectivity index is 2.74. The van der Waals surface area contributed by atoms with Crippen molar-refractivity contribution in [3.63, 3.8) is 0 Å². The highest BCUT2D eigenvalue weighted by Gasteiger charge is 2.26. The van der Waals surface area contributed by atoms with E-state index in [-0.39, 0.29) is 5.41 Å². The number of hydrogen-bond acceptors (Lipinski definition) is 2. The van der Waals surface area contributed by atoms with Crippen molar-refractivity contribution in [3.8, 4) is 11.3 Å². The molecule has 2 N–H and O–H groups in total. The van der Waals surface area contributed by atoms with E-state index in [0.29, 0.717) is 6.54 Å². The largest absolute Gasteiger partial charge is 0.383 e. The number of benzene rings is 1. The molecule has 0 saturated heterocycles. The van der Waals surface area contributed by atoms with Gasteiger partial charge in [0.15, 0.2) is 0 Å². The summed E-state index contributed by atoms with van der Waals surface area (Å²) in [5.74, 6) is 1.72. The molecule has 0 aliphatic heterocycles. The monoisotopic (exact) mass is 283 g/mol. The van der Waals surface area contributed by atoms with Gasteiger partial charge in [0.1, 0.15) is 17.3 Å². The molecule has 0 saturated carbocycles. The number of hydrogen-bond donors (Lipinski definition) is 1. The summed E-state index contributed by atoms with van der Waals surface area (Å²) >= 11 is 0. The van der Waals surface area contributed by atoms with Crippen molar-refractivity contribution in [1.82, 2.24) is 9.55 Å². The van der Waals surface area contributed by atoms with E-state index in [1.54, 1.807) is 0 Å². The maximum absolute atomic E-state index is 6.41. The number of rotatable bonds is 3. The zero-order chi connectivity index (χ0) is 15.8. The zero-order valence-corrected chi connectivity index (χ0v) is 13.7. The van der Waals surface area contributed by atoms with Gasteiger partial charge >= 0.3 is 0 Å². The van der Waals surface area contributed by atoms with Crippen LogP contribution in [-0.4, -0.2) is 9.55 Å². The molecular weight excluding hydrogens is 258 g/mol. The standard InChI is InChI=1S/C18H25N3/c1-7-11-21-16(19)15(20-17(21)18(4,5)6)14-12(2)9-8-10-13(14)3/h7-10H,1,11,19H2,2-6H3. The molecule has 0 fully saturated rings. The van der Waals surface area contributed by atoms with Gasteiger partial charge in [-0.2, -0.15) is 0 Å². The quantitative estimate of drug-likeness (QED) is 0.857. The fraction of sp³-hybridized carbons (Fsp3) is 0.389. The Morgan fingerprint density at radius 2 is 1.81 bits per heavy atom. The van der Waals surface area contributed by atoms with E-state index in [1.165, 1.54) is 11.1 Å². The summed E-state index contributed by atoms with van der Waals surface area (Å²) in [5.41, 5.74) is 10.8. The minimum absolute atomic E-state index is 0.0635. The van der Waals surface area contributed by atoms with Crippen molar-refractivity contribution in [2.75, 3.05) is 5.73 Å². The van der Waals surface area contributed by atoms with Crippen molar-refractivity contribution in [3.05, 3.63) is 47.8 Å². The molecule has 0 unspecified atom stereocenters. The first-order valence-electron chi connectivity index (χ1n) is 7.31. The molecule has 1 heterocycles. The second-order valence-electron chi connectivity index (χ2n) is 6.59. The third-order valence-electron chi connectivity index (χ3n) is 3.71. The summed E-state index contributed by atoms with van der Waals surface area (Å²) < 4.78 is 2.06. The van der Waals surface area contributed by atoms with Crippen LogP contribution in [0.25, 0.3) is 11.3 Å². The topological polar surface area (TPSA) is 43.8 Å². The minimum atomic E-state index is -0.0635. The summed E-state index contributed by atoms with van der Waals surface area (Å²) in [7, 11) is 0. The van der Waals surface area contributed by atoms with Crippen LogP contribution in [-0.2, 0) is 12.0 Å².